The Labute approximate surface area is 204 Å². The molecule has 1 aliphatic carbocycles. The van der Waals surface area contributed by atoms with Gasteiger partial charge in [0.1, 0.15) is 17.5 Å². The van der Waals surface area contributed by atoms with E-state index in [2.05, 4.69) is 10.3 Å². The van der Waals surface area contributed by atoms with Gasteiger partial charge in [0.25, 0.3) is 5.91 Å². The highest BCUT2D eigenvalue weighted by Gasteiger charge is 2.37. The SMILES string of the molecule is CCCC(=O)Oc1c(OC)ccnc1C(=O)NC(C)(C)C(=O)OC1CCc2cc(F)ccc2C1C. The van der Waals surface area contributed by atoms with Crippen molar-refractivity contribution < 1.29 is 33.0 Å². The topological polar surface area (TPSA) is 104 Å². The summed E-state index contributed by atoms with van der Waals surface area (Å²) < 4.78 is 29.9. The number of ether oxygens (including phenoxy) is 3. The number of aryl methyl sites for hydroxylation is 1. The predicted octanol–water partition coefficient (Wildman–Crippen LogP) is 4.10. The van der Waals surface area contributed by atoms with Crippen molar-refractivity contribution in [3.8, 4) is 11.5 Å². The molecule has 9 heteroatoms. The number of pyridine rings is 1. The van der Waals surface area contributed by atoms with Crippen LogP contribution in [0.2, 0.25) is 0 Å². The van der Waals surface area contributed by atoms with Gasteiger partial charge in [0.2, 0.25) is 5.75 Å². The number of amides is 1. The lowest BCUT2D eigenvalue weighted by Crippen LogP contribution is -2.52. The molecule has 2 atom stereocenters. The Kier molecular flexibility index (Phi) is 8.09. The van der Waals surface area contributed by atoms with Gasteiger partial charge in [0.05, 0.1) is 7.11 Å². The molecule has 0 radical (unpaired) electrons. The maximum Gasteiger partial charge on any atom is 0.331 e. The summed E-state index contributed by atoms with van der Waals surface area (Å²) in [5, 5.41) is 2.63. The van der Waals surface area contributed by atoms with Gasteiger partial charge in [-0.1, -0.05) is 19.9 Å². The average molecular weight is 487 g/mol. The van der Waals surface area contributed by atoms with Gasteiger partial charge in [-0.15, -0.1) is 0 Å². The number of methoxy groups -OCH3 is 1. The number of carbonyl (C=O) groups is 3. The fourth-order valence-corrected chi connectivity index (χ4v) is 4.04. The third-order valence-electron chi connectivity index (χ3n) is 6.02. The minimum absolute atomic E-state index is 0.111. The van der Waals surface area contributed by atoms with E-state index in [0.717, 1.165) is 11.1 Å². The van der Waals surface area contributed by atoms with Crippen molar-refractivity contribution in [2.75, 3.05) is 7.11 Å². The molecule has 35 heavy (non-hydrogen) atoms. The number of nitrogens with zero attached hydrogens (tertiary/aromatic N) is 1. The standard InChI is InChI=1S/C26H31FN2O6/c1-6-7-21(30)35-23-20(33-5)12-13-28-22(23)24(31)29-26(3,4)25(32)34-19-11-8-16-14-17(27)9-10-18(16)15(19)2/h9-10,12-15,19H,6-8,11H2,1-5H3,(H,29,31). The van der Waals surface area contributed by atoms with Gasteiger partial charge in [-0.25, -0.2) is 14.2 Å². The summed E-state index contributed by atoms with van der Waals surface area (Å²) in [5.74, 6) is -2.23. The Morgan fingerprint density at radius 3 is 2.66 bits per heavy atom. The number of esters is 2. The molecule has 1 aliphatic rings. The highest BCUT2D eigenvalue weighted by Crippen LogP contribution is 2.35. The maximum atomic E-state index is 13.6. The molecule has 1 heterocycles. The second-order valence-corrected chi connectivity index (χ2v) is 9.11. The summed E-state index contributed by atoms with van der Waals surface area (Å²) in [6.07, 6.45) is 2.79. The quantitative estimate of drug-likeness (QED) is 0.560. The van der Waals surface area contributed by atoms with Gasteiger partial charge >= 0.3 is 11.9 Å². The first kappa shape index (κ1) is 26.1. The average Bonchev–Trinajstić information content (AvgIpc) is 2.80. The van der Waals surface area contributed by atoms with Crippen LogP contribution in [0.15, 0.2) is 30.5 Å². The zero-order chi connectivity index (χ0) is 25.8. The van der Waals surface area contributed by atoms with Crippen molar-refractivity contribution in [1.29, 1.82) is 0 Å². The van der Waals surface area contributed by atoms with Crippen LogP contribution in [0.3, 0.4) is 0 Å². The Hall–Kier alpha value is -3.49. The van der Waals surface area contributed by atoms with Gasteiger partial charge in [-0.3, -0.25) is 9.59 Å². The third kappa shape index (κ3) is 5.96. The predicted molar refractivity (Wildman–Crippen MR) is 126 cm³/mol. The summed E-state index contributed by atoms with van der Waals surface area (Å²) in [7, 11) is 1.38. The van der Waals surface area contributed by atoms with Crippen LogP contribution in [-0.4, -0.2) is 41.6 Å². The van der Waals surface area contributed by atoms with E-state index in [0.29, 0.717) is 19.3 Å². The number of hydrogen-bond acceptors (Lipinski definition) is 7. The van der Waals surface area contributed by atoms with Gasteiger partial charge in [-0.05, 0) is 56.4 Å². The number of fused-ring (bicyclic) bond motifs is 1. The zero-order valence-electron chi connectivity index (χ0n) is 20.6. The van der Waals surface area contributed by atoms with Crippen LogP contribution in [0, 0.1) is 5.82 Å². The summed E-state index contributed by atoms with van der Waals surface area (Å²) in [6.45, 7) is 6.80. The summed E-state index contributed by atoms with van der Waals surface area (Å²) in [5.41, 5.74) is 0.259. The molecule has 188 valence electrons. The van der Waals surface area contributed by atoms with E-state index >= 15 is 0 Å². The third-order valence-corrected chi connectivity index (χ3v) is 6.02. The van der Waals surface area contributed by atoms with Crippen molar-refractivity contribution in [2.45, 2.75) is 70.9 Å². The highest BCUT2D eigenvalue weighted by molar-refractivity contribution is 5.99. The minimum Gasteiger partial charge on any atom is -0.493 e. The van der Waals surface area contributed by atoms with Crippen molar-refractivity contribution >= 4 is 17.8 Å². The molecule has 0 fully saturated rings. The lowest BCUT2D eigenvalue weighted by Gasteiger charge is -2.34. The smallest absolute Gasteiger partial charge is 0.331 e. The van der Waals surface area contributed by atoms with Crippen LogP contribution < -0.4 is 14.8 Å². The maximum absolute atomic E-state index is 13.6. The lowest BCUT2D eigenvalue weighted by molar-refractivity contribution is -0.157. The first-order valence-corrected chi connectivity index (χ1v) is 11.6. The summed E-state index contributed by atoms with van der Waals surface area (Å²) >= 11 is 0. The molecule has 0 saturated carbocycles. The number of hydrogen-bond donors (Lipinski definition) is 1. The molecule has 1 aromatic heterocycles. The molecule has 2 aromatic rings. The van der Waals surface area contributed by atoms with E-state index in [1.54, 1.807) is 6.07 Å². The molecule has 1 aromatic carbocycles. The molecule has 8 nitrogen and oxygen atoms in total. The largest absolute Gasteiger partial charge is 0.493 e. The lowest BCUT2D eigenvalue weighted by atomic mass is 9.81. The Morgan fingerprint density at radius 1 is 1.23 bits per heavy atom. The van der Waals surface area contributed by atoms with E-state index in [-0.39, 0.29) is 35.3 Å². The van der Waals surface area contributed by atoms with Gasteiger partial charge in [-0.2, -0.15) is 0 Å². The number of benzene rings is 1. The van der Waals surface area contributed by atoms with Gasteiger partial charge in [0, 0.05) is 24.6 Å². The second-order valence-electron chi connectivity index (χ2n) is 9.11. The zero-order valence-corrected chi connectivity index (χ0v) is 20.6. The van der Waals surface area contributed by atoms with Gasteiger partial charge in [0.15, 0.2) is 11.4 Å². The summed E-state index contributed by atoms with van der Waals surface area (Å²) in [6, 6.07) is 6.10. The molecule has 3 rings (SSSR count). The van der Waals surface area contributed by atoms with Gasteiger partial charge < -0.3 is 19.5 Å². The second kappa shape index (κ2) is 10.8. The fraction of sp³-hybridized carbons (Fsp3) is 0.462. The fourth-order valence-electron chi connectivity index (χ4n) is 4.04. The van der Waals surface area contributed by atoms with Crippen molar-refractivity contribution in [2.24, 2.45) is 0 Å². The number of halogens is 1. The van der Waals surface area contributed by atoms with Crippen molar-refractivity contribution in [3.05, 3.63) is 53.1 Å². The minimum atomic E-state index is -1.41. The van der Waals surface area contributed by atoms with E-state index in [4.69, 9.17) is 14.2 Å². The van der Waals surface area contributed by atoms with Crippen molar-refractivity contribution in [1.82, 2.24) is 10.3 Å². The van der Waals surface area contributed by atoms with Crippen LogP contribution in [-0.2, 0) is 20.7 Å². The number of aromatic nitrogens is 1. The first-order chi connectivity index (χ1) is 16.6. The van der Waals surface area contributed by atoms with Crippen LogP contribution in [0.1, 0.15) is 74.5 Å². The number of rotatable bonds is 8. The van der Waals surface area contributed by atoms with Crippen LogP contribution in [0.4, 0.5) is 4.39 Å². The Morgan fingerprint density at radius 2 is 1.97 bits per heavy atom. The normalized spacial score (nSPS) is 17.2. The van der Waals surface area contributed by atoms with E-state index < -0.39 is 29.5 Å². The molecular weight excluding hydrogens is 455 g/mol. The van der Waals surface area contributed by atoms with Crippen LogP contribution in [0.25, 0.3) is 0 Å². The molecular formula is C26H31FN2O6. The molecule has 0 spiro atoms. The van der Waals surface area contributed by atoms with E-state index in [1.807, 2.05) is 13.8 Å². The first-order valence-electron chi connectivity index (χ1n) is 11.6. The molecule has 2 unspecified atom stereocenters. The monoisotopic (exact) mass is 486 g/mol. The highest BCUT2D eigenvalue weighted by atomic mass is 19.1. The number of carbonyl (C=O) groups excluding carboxylic acids is 3. The van der Waals surface area contributed by atoms with Crippen LogP contribution >= 0.6 is 0 Å². The molecule has 0 bridgehead atoms. The Balaban J connectivity index is 1.74. The molecule has 0 saturated heterocycles. The van der Waals surface area contributed by atoms with Crippen molar-refractivity contribution in [3.63, 3.8) is 0 Å². The number of nitrogens with one attached hydrogen (secondary N) is 1. The molecule has 1 N–H and O–H groups in total. The molecule has 0 aliphatic heterocycles. The van der Waals surface area contributed by atoms with E-state index in [1.165, 1.54) is 45.4 Å². The molecule has 1 amide bonds. The van der Waals surface area contributed by atoms with E-state index in [9.17, 15) is 18.8 Å². The summed E-state index contributed by atoms with van der Waals surface area (Å²) in [4.78, 5) is 42.3. The van der Waals surface area contributed by atoms with Crippen LogP contribution in [0.5, 0.6) is 11.5 Å². The Bertz CT molecular complexity index is 1120.